The van der Waals surface area contributed by atoms with Gasteiger partial charge in [-0.25, -0.2) is 18.2 Å². The summed E-state index contributed by atoms with van der Waals surface area (Å²) in [6.45, 7) is 3.21. The van der Waals surface area contributed by atoms with Gasteiger partial charge in [-0.15, -0.1) is 0 Å². The summed E-state index contributed by atoms with van der Waals surface area (Å²) in [5.41, 5.74) is 1.54. The fraction of sp³-hybridized carbons (Fsp3) is 0.357. The molecule has 6 heteroatoms. The van der Waals surface area contributed by atoms with Gasteiger partial charge in [-0.3, -0.25) is 4.57 Å². The van der Waals surface area contributed by atoms with Crippen LogP contribution in [-0.4, -0.2) is 16.1 Å². The highest BCUT2D eigenvalue weighted by atomic mass is 19.2. The molecular formula is C14H14F3N3. The van der Waals surface area contributed by atoms with Crippen LogP contribution >= 0.6 is 0 Å². The second kappa shape index (κ2) is 4.94. The van der Waals surface area contributed by atoms with Gasteiger partial charge in [0.2, 0.25) is 0 Å². The van der Waals surface area contributed by atoms with E-state index in [0.717, 1.165) is 24.0 Å². The van der Waals surface area contributed by atoms with Crippen molar-refractivity contribution in [2.75, 3.05) is 6.54 Å². The van der Waals surface area contributed by atoms with E-state index in [1.54, 1.807) is 4.57 Å². The van der Waals surface area contributed by atoms with Crippen LogP contribution in [0, 0.1) is 17.5 Å². The van der Waals surface area contributed by atoms with Crippen molar-refractivity contribution in [2.45, 2.75) is 26.3 Å². The van der Waals surface area contributed by atoms with E-state index in [1.807, 2.05) is 6.92 Å². The number of rotatable bonds is 2. The average molecular weight is 281 g/mol. The Bertz CT molecular complexity index is 664. The smallest absolute Gasteiger partial charge is 0.183 e. The van der Waals surface area contributed by atoms with Crippen molar-refractivity contribution in [3.63, 3.8) is 0 Å². The molecule has 1 aliphatic heterocycles. The van der Waals surface area contributed by atoms with Gasteiger partial charge in [0.15, 0.2) is 11.6 Å². The lowest BCUT2D eigenvalue weighted by molar-refractivity contribution is 0.488. The quantitative estimate of drug-likeness (QED) is 0.857. The Hall–Kier alpha value is -1.82. The topological polar surface area (TPSA) is 29.9 Å². The third-order valence-corrected chi connectivity index (χ3v) is 3.49. The summed E-state index contributed by atoms with van der Waals surface area (Å²) in [7, 11) is 0. The Labute approximate surface area is 114 Å². The third-order valence-electron chi connectivity index (χ3n) is 3.49. The Morgan fingerprint density at radius 1 is 1.30 bits per heavy atom. The van der Waals surface area contributed by atoms with Gasteiger partial charge in [0.1, 0.15) is 11.6 Å². The molecule has 0 bridgehead atoms. The molecule has 0 saturated heterocycles. The zero-order chi connectivity index (χ0) is 14.3. The maximum absolute atomic E-state index is 14.0. The van der Waals surface area contributed by atoms with Crippen LogP contribution in [0.1, 0.15) is 24.1 Å². The summed E-state index contributed by atoms with van der Waals surface area (Å²) in [5.74, 6) is -2.40. The molecule has 1 aromatic carbocycles. The molecule has 20 heavy (non-hydrogen) atoms. The molecule has 0 unspecified atom stereocenters. The van der Waals surface area contributed by atoms with Crippen molar-refractivity contribution < 1.29 is 13.2 Å². The van der Waals surface area contributed by atoms with E-state index in [0.29, 0.717) is 31.3 Å². The van der Waals surface area contributed by atoms with Gasteiger partial charge >= 0.3 is 0 Å². The lowest BCUT2D eigenvalue weighted by Crippen LogP contribution is -2.25. The minimum Gasteiger partial charge on any atom is -0.311 e. The molecule has 3 nitrogen and oxygen atoms in total. The normalized spacial score (nSPS) is 14.4. The number of aryl methyl sites for hydroxylation is 1. The van der Waals surface area contributed by atoms with Gasteiger partial charge in [-0.05, 0) is 0 Å². The molecule has 2 aromatic rings. The van der Waals surface area contributed by atoms with E-state index in [9.17, 15) is 13.2 Å². The van der Waals surface area contributed by atoms with E-state index in [-0.39, 0.29) is 5.69 Å². The third kappa shape index (κ3) is 2.00. The molecule has 3 rings (SSSR count). The Kier molecular flexibility index (Phi) is 3.25. The second-order valence-corrected chi connectivity index (χ2v) is 4.76. The molecule has 1 aliphatic rings. The second-order valence-electron chi connectivity index (χ2n) is 4.76. The van der Waals surface area contributed by atoms with E-state index in [4.69, 9.17) is 0 Å². The summed E-state index contributed by atoms with van der Waals surface area (Å²) in [6.07, 6.45) is 1.21. The van der Waals surface area contributed by atoms with Crippen molar-refractivity contribution in [3.05, 3.63) is 46.8 Å². The molecule has 0 spiro atoms. The SMILES string of the molecule is CCc1nc2c(n1-c1cc(F)cc(F)c1F)CCNC2. The molecule has 0 saturated carbocycles. The average Bonchev–Trinajstić information content (AvgIpc) is 2.81. The highest BCUT2D eigenvalue weighted by Crippen LogP contribution is 2.25. The van der Waals surface area contributed by atoms with E-state index in [2.05, 4.69) is 10.3 Å². The number of hydrogen-bond donors (Lipinski definition) is 1. The van der Waals surface area contributed by atoms with Crippen molar-refractivity contribution in [2.24, 2.45) is 0 Å². The number of aromatic nitrogens is 2. The van der Waals surface area contributed by atoms with Crippen molar-refractivity contribution in [1.29, 1.82) is 0 Å². The molecule has 0 fully saturated rings. The first-order valence-electron chi connectivity index (χ1n) is 6.56. The molecule has 106 valence electrons. The van der Waals surface area contributed by atoms with Crippen LogP contribution in [0.25, 0.3) is 5.69 Å². The Balaban J connectivity index is 2.26. The van der Waals surface area contributed by atoms with Gasteiger partial charge in [-0.2, -0.15) is 0 Å². The number of hydrogen-bond acceptors (Lipinski definition) is 2. The number of halogens is 3. The molecule has 0 amide bonds. The van der Waals surface area contributed by atoms with E-state index in [1.165, 1.54) is 0 Å². The Morgan fingerprint density at radius 3 is 2.85 bits per heavy atom. The minimum atomic E-state index is -1.18. The van der Waals surface area contributed by atoms with Gasteiger partial charge in [0.25, 0.3) is 0 Å². The lowest BCUT2D eigenvalue weighted by atomic mass is 10.1. The van der Waals surface area contributed by atoms with Gasteiger partial charge in [-0.1, -0.05) is 6.92 Å². The summed E-state index contributed by atoms with van der Waals surface area (Å²) < 4.78 is 42.4. The summed E-state index contributed by atoms with van der Waals surface area (Å²) in [5, 5.41) is 3.18. The first-order valence-corrected chi connectivity index (χ1v) is 6.56. The number of benzene rings is 1. The molecular weight excluding hydrogens is 267 g/mol. The van der Waals surface area contributed by atoms with Crippen LogP contribution in [0.5, 0.6) is 0 Å². The van der Waals surface area contributed by atoms with Crippen LogP contribution in [0.15, 0.2) is 12.1 Å². The summed E-state index contributed by atoms with van der Waals surface area (Å²) in [6, 6.07) is 1.57. The van der Waals surface area contributed by atoms with Gasteiger partial charge < -0.3 is 5.32 Å². The molecule has 0 radical (unpaired) electrons. The number of fused-ring (bicyclic) bond motifs is 1. The molecule has 0 atom stereocenters. The first-order chi connectivity index (χ1) is 9.61. The Morgan fingerprint density at radius 2 is 2.10 bits per heavy atom. The summed E-state index contributed by atoms with van der Waals surface area (Å²) >= 11 is 0. The molecule has 2 heterocycles. The molecule has 1 aromatic heterocycles. The highest BCUT2D eigenvalue weighted by molar-refractivity contribution is 5.40. The van der Waals surface area contributed by atoms with Crippen LogP contribution in [0.2, 0.25) is 0 Å². The van der Waals surface area contributed by atoms with E-state index < -0.39 is 17.5 Å². The number of imidazole rings is 1. The maximum Gasteiger partial charge on any atom is 0.183 e. The van der Waals surface area contributed by atoms with Crippen LogP contribution in [-0.2, 0) is 19.4 Å². The minimum absolute atomic E-state index is 0.102. The predicted molar refractivity (Wildman–Crippen MR) is 68.2 cm³/mol. The first kappa shape index (κ1) is 13.2. The monoisotopic (exact) mass is 281 g/mol. The van der Waals surface area contributed by atoms with Gasteiger partial charge in [0.05, 0.1) is 11.4 Å². The van der Waals surface area contributed by atoms with E-state index >= 15 is 0 Å². The zero-order valence-electron chi connectivity index (χ0n) is 11.0. The van der Waals surface area contributed by atoms with Crippen LogP contribution in [0.3, 0.4) is 0 Å². The summed E-state index contributed by atoms with van der Waals surface area (Å²) in [4.78, 5) is 4.43. The standard InChI is InChI=1S/C14H14F3N3/c1-2-13-19-10-7-18-4-3-11(10)20(13)12-6-8(15)5-9(16)14(12)17/h5-6,18H,2-4,7H2,1H3. The highest BCUT2D eigenvalue weighted by Gasteiger charge is 2.23. The maximum atomic E-state index is 14.0. The fourth-order valence-electron chi connectivity index (χ4n) is 2.59. The van der Waals surface area contributed by atoms with Gasteiger partial charge in [0, 0.05) is 43.8 Å². The fourth-order valence-corrected chi connectivity index (χ4v) is 2.59. The van der Waals surface area contributed by atoms with Crippen molar-refractivity contribution in [1.82, 2.24) is 14.9 Å². The van der Waals surface area contributed by atoms with Crippen molar-refractivity contribution in [3.8, 4) is 5.69 Å². The van der Waals surface area contributed by atoms with Crippen LogP contribution in [0.4, 0.5) is 13.2 Å². The lowest BCUT2D eigenvalue weighted by Gasteiger charge is -2.17. The largest absolute Gasteiger partial charge is 0.311 e. The molecule has 1 N–H and O–H groups in total. The van der Waals surface area contributed by atoms with Crippen LogP contribution < -0.4 is 5.32 Å². The molecule has 0 aliphatic carbocycles. The number of nitrogens with one attached hydrogen (secondary N) is 1. The van der Waals surface area contributed by atoms with Crippen molar-refractivity contribution >= 4 is 0 Å². The predicted octanol–water partition coefficient (Wildman–Crippen LogP) is 2.50. The zero-order valence-corrected chi connectivity index (χ0v) is 11.0. The number of nitrogens with zero attached hydrogens (tertiary/aromatic N) is 2.